The number of hydrogen-bond donors (Lipinski definition) is 2. The Hall–Kier alpha value is -4.21. The molecule has 0 saturated carbocycles. The minimum Gasteiger partial charge on any atom is -0.493 e. The summed E-state index contributed by atoms with van der Waals surface area (Å²) in [6.45, 7) is 5.11. The van der Waals surface area contributed by atoms with Gasteiger partial charge in [0.1, 0.15) is 5.75 Å². The molecule has 0 aliphatic carbocycles. The maximum Gasteiger partial charge on any atom is 0.308 e. The third-order valence-electron chi connectivity index (χ3n) is 9.60. The van der Waals surface area contributed by atoms with Crippen LogP contribution in [0.4, 0.5) is 5.69 Å². The maximum atomic E-state index is 14.1. The number of rotatable bonds is 12. The van der Waals surface area contributed by atoms with Crippen molar-refractivity contribution in [3.63, 3.8) is 0 Å². The normalized spacial score (nSPS) is 20.6. The molecule has 3 heterocycles. The zero-order valence-corrected chi connectivity index (χ0v) is 25.9. The van der Waals surface area contributed by atoms with Gasteiger partial charge in [0.25, 0.3) is 5.91 Å². The molecule has 0 aromatic heterocycles. The first-order valence-corrected chi connectivity index (χ1v) is 16.1. The Morgan fingerprint density at radius 3 is 2.69 bits per heavy atom. The topological polar surface area (TPSA) is 116 Å². The minimum atomic E-state index is -0.883. The van der Waals surface area contributed by atoms with Gasteiger partial charge in [0, 0.05) is 62.4 Å². The van der Waals surface area contributed by atoms with Gasteiger partial charge in [0.2, 0.25) is 5.91 Å². The molecule has 45 heavy (non-hydrogen) atoms. The van der Waals surface area contributed by atoms with Gasteiger partial charge < -0.3 is 25.4 Å². The van der Waals surface area contributed by atoms with Crippen LogP contribution in [0.15, 0.2) is 66.7 Å². The number of nitrogens with two attached hydrogens (primary N) is 1. The highest BCUT2D eigenvalue weighted by molar-refractivity contribution is 5.98. The van der Waals surface area contributed by atoms with E-state index in [1.807, 2.05) is 65.6 Å². The number of carboxylic acid groups (broad SMARTS) is 1. The lowest BCUT2D eigenvalue weighted by molar-refractivity contribution is -0.143. The van der Waals surface area contributed by atoms with Gasteiger partial charge in [-0.3, -0.25) is 19.3 Å². The Morgan fingerprint density at radius 2 is 1.91 bits per heavy atom. The average molecular weight is 611 g/mol. The number of carbonyl (C=O) groups is 3. The molecule has 0 spiro atoms. The molecule has 1 fully saturated rings. The van der Waals surface area contributed by atoms with Crippen molar-refractivity contribution in [1.29, 1.82) is 0 Å². The molecule has 3 N–H and O–H groups in total. The number of anilines is 1. The van der Waals surface area contributed by atoms with Gasteiger partial charge >= 0.3 is 5.97 Å². The van der Waals surface area contributed by atoms with Crippen molar-refractivity contribution in [3.8, 4) is 5.75 Å². The number of likely N-dealkylation sites (tertiary alicyclic amines) is 1. The molecule has 0 radical (unpaired) electrons. The molecule has 2 amide bonds. The number of unbranched alkanes of at least 4 members (excludes halogenated alkanes) is 1. The van der Waals surface area contributed by atoms with E-state index in [9.17, 15) is 19.5 Å². The largest absolute Gasteiger partial charge is 0.493 e. The van der Waals surface area contributed by atoms with E-state index in [0.717, 1.165) is 53.0 Å². The van der Waals surface area contributed by atoms with Gasteiger partial charge in [-0.2, -0.15) is 0 Å². The summed E-state index contributed by atoms with van der Waals surface area (Å²) in [6, 6.07) is 20.9. The number of amides is 2. The predicted octanol–water partition coefficient (Wildman–Crippen LogP) is 4.43. The summed E-state index contributed by atoms with van der Waals surface area (Å²) < 4.78 is 5.71. The summed E-state index contributed by atoms with van der Waals surface area (Å²) in [5.74, 6) is -1.17. The fraction of sp³-hybridized carbons (Fsp3) is 0.417. The van der Waals surface area contributed by atoms with Crippen LogP contribution in [0.2, 0.25) is 0 Å². The molecule has 9 heteroatoms. The second kappa shape index (κ2) is 13.4. The number of fused-ring (bicyclic) bond motifs is 2. The van der Waals surface area contributed by atoms with E-state index in [0.29, 0.717) is 51.3 Å². The van der Waals surface area contributed by atoms with E-state index in [-0.39, 0.29) is 24.3 Å². The first-order chi connectivity index (χ1) is 21.9. The number of nitrogens with zero attached hydrogens (tertiary/aromatic N) is 3. The first kappa shape index (κ1) is 30.8. The molecule has 1 saturated heterocycles. The van der Waals surface area contributed by atoms with Gasteiger partial charge in [0.05, 0.1) is 19.1 Å². The van der Waals surface area contributed by atoms with Crippen LogP contribution < -0.4 is 15.4 Å². The van der Waals surface area contributed by atoms with E-state index in [1.165, 1.54) is 0 Å². The van der Waals surface area contributed by atoms with Gasteiger partial charge in [-0.1, -0.05) is 55.8 Å². The molecule has 3 aliphatic rings. The molecule has 236 valence electrons. The lowest BCUT2D eigenvalue weighted by atomic mass is 9.83. The lowest BCUT2D eigenvalue weighted by Gasteiger charge is -2.31. The highest BCUT2D eigenvalue weighted by atomic mass is 16.5. The zero-order chi connectivity index (χ0) is 31.5. The third kappa shape index (κ3) is 6.32. The Kier molecular flexibility index (Phi) is 9.19. The second-order valence-electron chi connectivity index (χ2n) is 12.4. The SMILES string of the molecule is CCCCN(C(=O)CN1C[C@H](c2ccc3c(c2)CCO3)[C@@H](C(=O)O)C1CCN1Cc2ccccc2C1=O)c1cccc(CN)c1. The Labute approximate surface area is 264 Å². The van der Waals surface area contributed by atoms with Crippen LogP contribution in [0.5, 0.6) is 5.75 Å². The summed E-state index contributed by atoms with van der Waals surface area (Å²) >= 11 is 0. The van der Waals surface area contributed by atoms with Crippen LogP contribution >= 0.6 is 0 Å². The summed E-state index contributed by atoms with van der Waals surface area (Å²) in [5.41, 5.74) is 11.4. The van der Waals surface area contributed by atoms with E-state index >= 15 is 0 Å². The monoisotopic (exact) mass is 610 g/mol. The third-order valence-corrected chi connectivity index (χ3v) is 9.60. The maximum absolute atomic E-state index is 14.1. The Morgan fingerprint density at radius 1 is 1.07 bits per heavy atom. The van der Waals surface area contributed by atoms with Crippen molar-refractivity contribution in [2.24, 2.45) is 11.7 Å². The van der Waals surface area contributed by atoms with Crippen LogP contribution in [0, 0.1) is 5.92 Å². The Bertz CT molecular complexity index is 1570. The van der Waals surface area contributed by atoms with Crippen molar-refractivity contribution in [3.05, 3.63) is 94.5 Å². The number of aliphatic carboxylic acids is 1. The number of benzene rings is 3. The molecule has 3 aliphatic heterocycles. The standard InChI is InChI=1S/C36H42N4O5/c1-2-3-15-40(28-9-6-7-24(18-28)20-37)33(41)23-39-22-30(25-11-12-32-26(19-25)14-17-45-32)34(36(43)44)31(39)13-16-38-21-27-8-4-5-10-29(27)35(38)42/h4-12,18-19,30-31,34H,2-3,13-17,20-23,37H2,1H3,(H,43,44)/t30-,31?,34-/m1/s1. The van der Waals surface area contributed by atoms with Crippen molar-refractivity contribution in [1.82, 2.24) is 9.80 Å². The molecule has 9 nitrogen and oxygen atoms in total. The fourth-order valence-corrected chi connectivity index (χ4v) is 7.24. The van der Waals surface area contributed by atoms with Gasteiger partial charge in [0.15, 0.2) is 0 Å². The molecular weight excluding hydrogens is 568 g/mol. The van der Waals surface area contributed by atoms with E-state index in [4.69, 9.17) is 10.5 Å². The Balaban J connectivity index is 1.28. The van der Waals surface area contributed by atoms with E-state index < -0.39 is 17.9 Å². The summed E-state index contributed by atoms with van der Waals surface area (Å²) in [7, 11) is 0. The second-order valence-corrected chi connectivity index (χ2v) is 12.4. The molecule has 3 atom stereocenters. The minimum absolute atomic E-state index is 0.0289. The molecule has 3 aromatic rings. The van der Waals surface area contributed by atoms with Gasteiger partial charge in [-0.25, -0.2) is 0 Å². The molecular formula is C36H42N4O5. The van der Waals surface area contributed by atoms with Gasteiger partial charge in [-0.15, -0.1) is 0 Å². The molecule has 1 unspecified atom stereocenters. The number of carboxylic acids is 1. The van der Waals surface area contributed by atoms with Gasteiger partial charge in [-0.05, 0) is 59.4 Å². The van der Waals surface area contributed by atoms with Crippen LogP contribution in [0.25, 0.3) is 0 Å². The quantitative estimate of drug-likeness (QED) is 0.312. The van der Waals surface area contributed by atoms with Crippen molar-refractivity contribution < 1.29 is 24.2 Å². The average Bonchev–Trinajstić information content (AvgIpc) is 3.75. The van der Waals surface area contributed by atoms with Crippen LogP contribution in [0.3, 0.4) is 0 Å². The fourth-order valence-electron chi connectivity index (χ4n) is 7.24. The predicted molar refractivity (Wildman–Crippen MR) is 172 cm³/mol. The number of ether oxygens (including phenoxy) is 1. The lowest BCUT2D eigenvalue weighted by Crippen LogP contribution is -2.45. The number of hydrogen-bond acceptors (Lipinski definition) is 6. The van der Waals surface area contributed by atoms with E-state index in [1.54, 1.807) is 4.90 Å². The van der Waals surface area contributed by atoms with Crippen LogP contribution in [0.1, 0.15) is 64.7 Å². The smallest absolute Gasteiger partial charge is 0.308 e. The molecule has 0 bridgehead atoms. The first-order valence-electron chi connectivity index (χ1n) is 16.1. The van der Waals surface area contributed by atoms with Crippen molar-refractivity contribution >= 4 is 23.5 Å². The number of carbonyl (C=O) groups excluding carboxylic acids is 2. The van der Waals surface area contributed by atoms with Crippen molar-refractivity contribution in [2.75, 3.05) is 37.7 Å². The summed E-state index contributed by atoms with van der Waals surface area (Å²) in [5, 5.41) is 10.7. The van der Waals surface area contributed by atoms with Crippen LogP contribution in [-0.2, 0) is 29.1 Å². The molecule has 6 rings (SSSR count). The summed E-state index contributed by atoms with van der Waals surface area (Å²) in [6.07, 6.45) is 3.03. The summed E-state index contributed by atoms with van der Waals surface area (Å²) in [4.78, 5) is 46.0. The molecule has 3 aromatic carbocycles. The van der Waals surface area contributed by atoms with Crippen molar-refractivity contribution in [2.45, 2.75) is 57.7 Å². The highest BCUT2D eigenvalue weighted by Crippen LogP contribution is 2.41. The zero-order valence-electron chi connectivity index (χ0n) is 25.9. The van der Waals surface area contributed by atoms with Crippen LogP contribution in [-0.4, -0.2) is 71.5 Å². The van der Waals surface area contributed by atoms with E-state index in [2.05, 4.69) is 17.9 Å². The highest BCUT2D eigenvalue weighted by Gasteiger charge is 2.47.